The standard InChI is InChI=1S/C25H36O5Si/c1-18(20-15-11-13-19-12-9-10-14-21(19)20)29-23(27)17-25(5,16-22(26)28-6)30-31(7,8)24(2,3)4/h9-15,18H,16-17H2,1-8H3/t18-,25-/m1/s1. The Kier molecular flexibility index (Phi) is 7.71. The second-order valence-corrected chi connectivity index (χ2v) is 14.7. The topological polar surface area (TPSA) is 61.8 Å². The highest BCUT2D eigenvalue weighted by Crippen LogP contribution is 2.41. The van der Waals surface area contributed by atoms with Gasteiger partial charge in [0.05, 0.1) is 25.6 Å². The molecule has 2 aromatic rings. The van der Waals surface area contributed by atoms with Crippen molar-refractivity contribution in [1.82, 2.24) is 0 Å². The zero-order valence-corrected chi connectivity index (χ0v) is 21.1. The molecule has 0 heterocycles. The fourth-order valence-electron chi connectivity index (χ4n) is 3.49. The van der Waals surface area contributed by atoms with Crippen LogP contribution in [0.25, 0.3) is 10.8 Å². The Morgan fingerprint density at radius 1 is 0.935 bits per heavy atom. The molecule has 2 atom stereocenters. The molecule has 6 heteroatoms. The summed E-state index contributed by atoms with van der Waals surface area (Å²) in [6.07, 6.45) is -0.453. The number of hydrogen-bond donors (Lipinski definition) is 0. The van der Waals surface area contributed by atoms with Gasteiger partial charge in [-0.3, -0.25) is 9.59 Å². The van der Waals surface area contributed by atoms with Crippen LogP contribution in [0.2, 0.25) is 18.1 Å². The summed E-state index contributed by atoms with van der Waals surface area (Å²) in [7, 11) is -0.899. The van der Waals surface area contributed by atoms with Gasteiger partial charge >= 0.3 is 11.9 Å². The number of ether oxygens (including phenoxy) is 2. The average Bonchev–Trinajstić information content (AvgIpc) is 2.65. The van der Waals surface area contributed by atoms with Gasteiger partial charge in [-0.2, -0.15) is 0 Å². The van der Waals surface area contributed by atoms with E-state index in [0.29, 0.717) is 0 Å². The molecule has 0 radical (unpaired) electrons. The molecule has 0 bridgehead atoms. The Balaban J connectivity index is 2.21. The lowest BCUT2D eigenvalue weighted by molar-refractivity contribution is -0.155. The van der Waals surface area contributed by atoms with E-state index in [0.717, 1.165) is 16.3 Å². The molecule has 0 fully saturated rings. The number of carbonyl (C=O) groups excluding carboxylic acids is 2. The minimum Gasteiger partial charge on any atom is -0.469 e. The van der Waals surface area contributed by atoms with Crippen LogP contribution < -0.4 is 0 Å². The molecule has 170 valence electrons. The van der Waals surface area contributed by atoms with Gasteiger partial charge in [-0.05, 0) is 48.3 Å². The van der Waals surface area contributed by atoms with Crippen molar-refractivity contribution in [2.24, 2.45) is 0 Å². The van der Waals surface area contributed by atoms with Crippen LogP contribution in [0.15, 0.2) is 42.5 Å². The molecule has 0 amide bonds. The Hall–Kier alpha value is -2.18. The normalized spacial score (nSPS) is 15.2. The van der Waals surface area contributed by atoms with E-state index in [1.807, 2.05) is 49.4 Å². The predicted octanol–water partition coefficient (Wildman–Crippen LogP) is 6.18. The average molecular weight is 445 g/mol. The molecule has 0 spiro atoms. The lowest BCUT2D eigenvalue weighted by atomic mass is 9.98. The second-order valence-electron chi connectivity index (χ2n) is 9.94. The van der Waals surface area contributed by atoms with Gasteiger partial charge in [-0.25, -0.2) is 0 Å². The van der Waals surface area contributed by atoms with Crippen LogP contribution in [0.3, 0.4) is 0 Å². The van der Waals surface area contributed by atoms with E-state index in [1.54, 1.807) is 6.92 Å². The fraction of sp³-hybridized carbons (Fsp3) is 0.520. The number of rotatable bonds is 8. The van der Waals surface area contributed by atoms with Gasteiger partial charge in [0.25, 0.3) is 0 Å². The van der Waals surface area contributed by atoms with Crippen LogP contribution in [0, 0.1) is 0 Å². The largest absolute Gasteiger partial charge is 0.469 e. The first-order valence-corrected chi connectivity index (χ1v) is 13.6. The number of hydrogen-bond acceptors (Lipinski definition) is 5. The van der Waals surface area contributed by atoms with Crippen LogP contribution in [0.5, 0.6) is 0 Å². The Bertz CT molecular complexity index is 926. The summed E-state index contributed by atoms with van der Waals surface area (Å²) in [5, 5.41) is 2.09. The van der Waals surface area contributed by atoms with Crippen LogP contribution in [0.1, 0.15) is 59.1 Å². The summed E-state index contributed by atoms with van der Waals surface area (Å²) in [5.74, 6) is -0.804. The molecule has 2 aromatic carbocycles. The molecule has 0 aromatic heterocycles. The lowest BCUT2D eigenvalue weighted by Crippen LogP contribution is -2.50. The van der Waals surface area contributed by atoms with E-state index < -0.39 is 32.0 Å². The van der Waals surface area contributed by atoms with Crippen molar-refractivity contribution in [2.45, 2.75) is 77.3 Å². The van der Waals surface area contributed by atoms with Gasteiger partial charge in [0, 0.05) is 0 Å². The third-order valence-corrected chi connectivity index (χ3v) is 10.8. The molecule has 0 aliphatic carbocycles. The van der Waals surface area contributed by atoms with Crippen molar-refractivity contribution < 1.29 is 23.5 Å². The third kappa shape index (κ3) is 6.40. The van der Waals surface area contributed by atoms with E-state index in [-0.39, 0.29) is 17.9 Å². The van der Waals surface area contributed by atoms with E-state index in [2.05, 4.69) is 33.9 Å². The van der Waals surface area contributed by atoms with Gasteiger partial charge < -0.3 is 13.9 Å². The van der Waals surface area contributed by atoms with Crippen LogP contribution in [-0.2, 0) is 23.5 Å². The zero-order valence-electron chi connectivity index (χ0n) is 20.1. The highest BCUT2D eigenvalue weighted by Gasteiger charge is 2.45. The molecule has 0 saturated heterocycles. The van der Waals surface area contributed by atoms with Crippen LogP contribution in [-0.4, -0.2) is 33.0 Å². The molecular weight excluding hydrogens is 408 g/mol. The number of fused-ring (bicyclic) bond motifs is 1. The maximum Gasteiger partial charge on any atom is 0.309 e. The minimum atomic E-state index is -2.24. The zero-order chi connectivity index (χ0) is 23.4. The SMILES string of the molecule is COC(=O)C[C@](C)(CC(=O)O[C@H](C)c1cccc2ccccc12)O[Si](C)(C)C(C)(C)C. The van der Waals surface area contributed by atoms with Crippen molar-refractivity contribution >= 4 is 31.0 Å². The molecule has 0 aliphatic rings. The maximum atomic E-state index is 12.9. The van der Waals surface area contributed by atoms with Crippen molar-refractivity contribution in [3.63, 3.8) is 0 Å². The lowest BCUT2D eigenvalue weighted by Gasteiger charge is -2.43. The summed E-state index contributed by atoms with van der Waals surface area (Å²) >= 11 is 0. The smallest absolute Gasteiger partial charge is 0.309 e. The summed E-state index contributed by atoms with van der Waals surface area (Å²) in [6.45, 7) is 14.2. The van der Waals surface area contributed by atoms with E-state index in [9.17, 15) is 9.59 Å². The van der Waals surface area contributed by atoms with Crippen molar-refractivity contribution in [3.8, 4) is 0 Å². The van der Waals surface area contributed by atoms with Gasteiger partial charge in [0.2, 0.25) is 0 Å². The number of carbonyl (C=O) groups is 2. The maximum absolute atomic E-state index is 12.9. The predicted molar refractivity (Wildman–Crippen MR) is 126 cm³/mol. The summed E-state index contributed by atoms with van der Waals surface area (Å²) in [5.41, 5.74) is -0.0440. The monoisotopic (exact) mass is 444 g/mol. The molecule has 0 aliphatic heterocycles. The van der Waals surface area contributed by atoms with E-state index >= 15 is 0 Å². The van der Waals surface area contributed by atoms with Crippen LogP contribution >= 0.6 is 0 Å². The van der Waals surface area contributed by atoms with Crippen molar-refractivity contribution in [1.29, 1.82) is 0 Å². The fourth-order valence-corrected chi connectivity index (χ4v) is 5.18. The molecule has 5 nitrogen and oxygen atoms in total. The first-order chi connectivity index (χ1) is 14.3. The van der Waals surface area contributed by atoms with Crippen molar-refractivity contribution in [3.05, 3.63) is 48.0 Å². The molecule has 0 unspecified atom stereocenters. The molecule has 2 rings (SSSR count). The van der Waals surface area contributed by atoms with E-state index in [4.69, 9.17) is 13.9 Å². The van der Waals surface area contributed by atoms with E-state index in [1.165, 1.54) is 7.11 Å². The quantitative estimate of drug-likeness (QED) is 0.359. The van der Waals surface area contributed by atoms with Gasteiger partial charge in [0.15, 0.2) is 8.32 Å². The van der Waals surface area contributed by atoms with Crippen molar-refractivity contribution in [2.75, 3.05) is 7.11 Å². The number of benzene rings is 2. The third-order valence-electron chi connectivity index (χ3n) is 6.14. The Morgan fingerprint density at radius 3 is 2.13 bits per heavy atom. The molecule has 0 saturated carbocycles. The Morgan fingerprint density at radius 2 is 1.52 bits per heavy atom. The summed E-state index contributed by atoms with van der Waals surface area (Å²) < 4.78 is 17.2. The highest BCUT2D eigenvalue weighted by atomic mass is 28.4. The summed E-state index contributed by atoms with van der Waals surface area (Å²) in [6, 6.07) is 14.0. The highest BCUT2D eigenvalue weighted by molar-refractivity contribution is 6.74. The van der Waals surface area contributed by atoms with Crippen LogP contribution in [0.4, 0.5) is 0 Å². The Labute approximate surface area is 187 Å². The van der Waals surface area contributed by atoms with Gasteiger partial charge in [-0.15, -0.1) is 0 Å². The molecular formula is C25H36O5Si. The minimum absolute atomic E-state index is 0.00619. The first kappa shape index (κ1) is 25.1. The number of esters is 2. The van der Waals surface area contributed by atoms with Gasteiger partial charge in [-0.1, -0.05) is 63.2 Å². The summed E-state index contributed by atoms with van der Waals surface area (Å²) in [4.78, 5) is 25.0. The second kappa shape index (κ2) is 9.53. The molecule has 0 N–H and O–H groups in total. The van der Waals surface area contributed by atoms with Gasteiger partial charge in [0.1, 0.15) is 6.10 Å². The molecule has 31 heavy (non-hydrogen) atoms. The first-order valence-electron chi connectivity index (χ1n) is 10.7. The number of methoxy groups -OCH3 is 1.